The molecular weight excluding hydrogens is 410 g/mol. The molecule has 0 atom stereocenters. The Morgan fingerprint density at radius 1 is 0.471 bits per heavy atom. The minimum Gasteiger partial charge on any atom is -0.354 e. The lowest BCUT2D eigenvalue weighted by atomic mass is 9.81. The highest BCUT2D eigenvalue weighted by Crippen LogP contribution is 2.52. The van der Waals surface area contributed by atoms with Gasteiger partial charge in [-0.05, 0) is 39.4 Å². The summed E-state index contributed by atoms with van der Waals surface area (Å²) in [6.45, 7) is 4.67. The molecule has 0 heterocycles. The maximum Gasteiger partial charge on any atom is 0.0543 e. The lowest BCUT2D eigenvalue weighted by Crippen LogP contribution is -2.17. The van der Waals surface area contributed by atoms with E-state index in [-0.39, 0.29) is 5.41 Å². The van der Waals surface area contributed by atoms with Gasteiger partial charge in [0, 0.05) is 22.2 Å². The molecular formula is C33H27N. The molecule has 0 aliphatic heterocycles. The second kappa shape index (κ2) is 8.04. The van der Waals surface area contributed by atoms with Crippen molar-refractivity contribution in [1.29, 1.82) is 0 Å². The molecule has 0 saturated heterocycles. The monoisotopic (exact) mass is 437 g/mol. The molecule has 34 heavy (non-hydrogen) atoms. The summed E-state index contributed by atoms with van der Waals surface area (Å²) in [5, 5.41) is 3.93. The molecule has 1 aliphatic carbocycles. The number of anilines is 2. The van der Waals surface area contributed by atoms with E-state index in [1.54, 1.807) is 0 Å². The van der Waals surface area contributed by atoms with Crippen molar-refractivity contribution in [2.24, 2.45) is 0 Å². The van der Waals surface area contributed by atoms with E-state index in [2.05, 4.69) is 140 Å². The molecule has 0 bridgehead atoms. The number of benzene rings is 5. The number of rotatable bonds is 4. The van der Waals surface area contributed by atoms with Crippen molar-refractivity contribution >= 4 is 11.4 Å². The van der Waals surface area contributed by atoms with Gasteiger partial charge in [0.15, 0.2) is 0 Å². The minimum absolute atomic E-state index is 0.0792. The Hall–Kier alpha value is -4.10. The number of fused-ring (bicyclic) bond motifs is 3. The van der Waals surface area contributed by atoms with E-state index in [1.165, 1.54) is 50.2 Å². The summed E-state index contributed by atoms with van der Waals surface area (Å²) in [5.41, 5.74) is 12.5. The zero-order chi connectivity index (χ0) is 23.1. The Labute approximate surface area is 201 Å². The average Bonchev–Trinajstić information content (AvgIpc) is 3.13. The van der Waals surface area contributed by atoms with Gasteiger partial charge in [-0.25, -0.2) is 0 Å². The summed E-state index contributed by atoms with van der Waals surface area (Å²) < 4.78 is 0. The van der Waals surface area contributed by atoms with E-state index < -0.39 is 0 Å². The van der Waals surface area contributed by atoms with Crippen molar-refractivity contribution in [2.75, 3.05) is 5.32 Å². The van der Waals surface area contributed by atoms with E-state index in [9.17, 15) is 0 Å². The number of nitrogens with one attached hydrogen (secondary N) is 1. The van der Waals surface area contributed by atoms with Crippen LogP contribution >= 0.6 is 0 Å². The first-order valence-corrected chi connectivity index (χ1v) is 11.9. The smallest absolute Gasteiger partial charge is 0.0543 e. The predicted octanol–water partition coefficient (Wildman–Crippen LogP) is 9.07. The molecule has 5 aromatic carbocycles. The fourth-order valence-electron chi connectivity index (χ4n) is 5.49. The predicted molar refractivity (Wildman–Crippen MR) is 145 cm³/mol. The topological polar surface area (TPSA) is 12.0 Å². The summed E-state index contributed by atoms with van der Waals surface area (Å²) in [5.74, 6) is 0. The quantitative estimate of drug-likeness (QED) is 0.296. The van der Waals surface area contributed by atoms with Crippen molar-refractivity contribution in [1.82, 2.24) is 0 Å². The molecule has 1 N–H and O–H groups in total. The third-order valence-electron chi connectivity index (χ3n) is 7.07. The van der Waals surface area contributed by atoms with E-state index in [0.29, 0.717) is 0 Å². The molecule has 0 amide bonds. The van der Waals surface area contributed by atoms with Crippen molar-refractivity contribution in [3.63, 3.8) is 0 Å². The van der Waals surface area contributed by atoms with Crippen LogP contribution in [-0.2, 0) is 5.41 Å². The number of para-hydroxylation sites is 1. The van der Waals surface area contributed by atoms with Crippen LogP contribution < -0.4 is 5.32 Å². The molecule has 1 heteroatoms. The second-order valence-corrected chi connectivity index (χ2v) is 9.48. The van der Waals surface area contributed by atoms with Gasteiger partial charge in [-0.15, -0.1) is 0 Å². The molecule has 0 unspecified atom stereocenters. The molecule has 1 aliphatic rings. The van der Waals surface area contributed by atoms with E-state index in [4.69, 9.17) is 0 Å². The number of hydrogen-bond donors (Lipinski definition) is 1. The van der Waals surface area contributed by atoms with E-state index >= 15 is 0 Å². The molecule has 164 valence electrons. The minimum atomic E-state index is -0.0792. The normalized spacial score (nSPS) is 13.2. The largest absolute Gasteiger partial charge is 0.354 e. The fourth-order valence-corrected chi connectivity index (χ4v) is 5.49. The van der Waals surface area contributed by atoms with Crippen LogP contribution in [0.3, 0.4) is 0 Å². The fraction of sp³-hybridized carbons (Fsp3) is 0.0909. The Bertz CT molecular complexity index is 1420. The van der Waals surface area contributed by atoms with Crippen LogP contribution in [0.2, 0.25) is 0 Å². The maximum atomic E-state index is 3.93. The summed E-state index contributed by atoms with van der Waals surface area (Å²) in [7, 11) is 0. The standard InChI is InChI=1S/C33H27N/c1-33(2)29-21-10-9-17-27(29)28-20-12-22-30(31(28)33)34-32-25(23-13-5-3-6-14-23)18-11-19-26(32)24-15-7-4-8-16-24/h3-22,34H,1-2H3. The summed E-state index contributed by atoms with van der Waals surface area (Å²) in [6, 6.07) is 43.4. The summed E-state index contributed by atoms with van der Waals surface area (Å²) in [6.07, 6.45) is 0. The van der Waals surface area contributed by atoms with Crippen molar-refractivity contribution in [3.05, 3.63) is 132 Å². The van der Waals surface area contributed by atoms with Crippen molar-refractivity contribution in [3.8, 4) is 33.4 Å². The van der Waals surface area contributed by atoms with Gasteiger partial charge in [-0.1, -0.05) is 129 Å². The SMILES string of the molecule is CC1(C)c2ccccc2-c2cccc(Nc3c(-c4ccccc4)cccc3-c3ccccc3)c21. The number of hydrogen-bond acceptors (Lipinski definition) is 1. The Morgan fingerprint density at radius 2 is 0.971 bits per heavy atom. The summed E-state index contributed by atoms with van der Waals surface area (Å²) in [4.78, 5) is 0. The van der Waals surface area contributed by atoms with Gasteiger partial charge in [-0.3, -0.25) is 0 Å². The summed E-state index contributed by atoms with van der Waals surface area (Å²) >= 11 is 0. The first-order chi connectivity index (χ1) is 16.6. The van der Waals surface area contributed by atoms with Gasteiger partial charge in [0.05, 0.1) is 5.69 Å². The third-order valence-corrected chi connectivity index (χ3v) is 7.07. The first kappa shape index (κ1) is 20.5. The molecule has 5 aromatic rings. The Kier molecular flexibility index (Phi) is 4.85. The molecule has 1 nitrogen and oxygen atoms in total. The van der Waals surface area contributed by atoms with Gasteiger partial charge in [0.25, 0.3) is 0 Å². The lowest BCUT2D eigenvalue weighted by molar-refractivity contribution is 0.662. The van der Waals surface area contributed by atoms with Gasteiger partial charge in [0.1, 0.15) is 0 Å². The Morgan fingerprint density at radius 3 is 1.62 bits per heavy atom. The van der Waals surface area contributed by atoms with Crippen LogP contribution in [0.5, 0.6) is 0 Å². The first-order valence-electron chi connectivity index (χ1n) is 11.9. The van der Waals surface area contributed by atoms with E-state index in [1.807, 2.05) is 0 Å². The van der Waals surface area contributed by atoms with Crippen LogP contribution in [-0.4, -0.2) is 0 Å². The van der Waals surface area contributed by atoms with Crippen LogP contribution in [0.4, 0.5) is 11.4 Å². The lowest BCUT2D eigenvalue weighted by Gasteiger charge is -2.26. The van der Waals surface area contributed by atoms with Crippen LogP contribution in [0.1, 0.15) is 25.0 Å². The second-order valence-electron chi connectivity index (χ2n) is 9.48. The molecule has 0 saturated carbocycles. The Balaban J connectivity index is 1.57. The zero-order valence-electron chi connectivity index (χ0n) is 19.5. The highest BCUT2D eigenvalue weighted by molar-refractivity contribution is 5.95. The van der Waals surface area contributed by atoms with Gasteiger partial charge in [0.2, 0.25) is 0 Å². The molecule has 0 spiro atoms. The van der Waals surface area contributed by atoms with Gasteiger partial charge < -0.3 is 5.32 Å². The molecule has 0 radical (unpaired) electrons. The van der Waals surface area contributed by atoms with E-state index in [0.717, 1.165) is 5.69 Å². The maximum absolute atomic E-state index is 3.93. The highest BCUT2D eigenvalue weighted by Gasteiger charge is 2.37. The molecule has 0 fully saturated rings. The van der Waals surface area contributed by atoms with Gasteiger partial charge in [-0.2, -0.15) is 0 Å². The molecule has 0 aromatic heterocycles. The molecule has 6 rings (SSSR count). The average molecular weight is 438 g/mol. The highest BCUT2D eigenvalue weighted by atomic mass is 14.9. The van der Waals surface area contributed by atoms with Crippen molar-refractivity contribution < 1.29 is 0 Å². The van der Waals surface area contributed by atoms with Crippen LogP contribution in [0.25, 0.3) is 33.4 Å². The van der Waals surface area contributed by atoms with Crippen LogP contribution in [0, 0.1) is 0 Å². The third kappa shape index (κ3) is 3.24. The zero-order valence-corrected chi connectivity index (χ0v) is 19.5. The van der Waals surface area contributed by atoms with Gasteiger partial charge >= 0.3 is 0 Å². The van der Waals surface area contributed by atoms with Crippen LogP contribution in [0.15, 0.2) is 121 Å². The van der Waals surface area contributed by atoms with Crippen molar-refractivity contribution in [2.45, 2.75) is 19.3 Å².